The zero-order chi connectivity index (χ0) is 10.3. The molecule has 2 heterocycles. The van der Waals surface area contributed by atoms with Crippen molar-refractivity contribution in [2.45, 2.75) is 12.5 Å². The van der Waals surface area contributed by atoms with Crippen LogP contribution in [0, 0.1) is 0 Å². The highest BCUT2D eigenvalue weighted by atomic mass is 32.2. The first-order chi connectivity index (χ1) is 7.45. The van der Waals surface area contributed by atoms with E-state index in [-0.39, 0.29) is 0 Å². The molecule has 4 heteroatoms. The lowest BCUT2D eigenvalue weighted by atomic mass is 10.3. The molecule has 0 saturated carbocycles. The summed E-state index contributed by atoms with van der Waals surface area (Å²) in [4.78, 5) is 3.99. The Labute approximate surface area is 94.6 Å². The molecule has 1 N–H and O–H groups in total. The third-order valence-corrected chi connectivity index (χ3v) is 3.53. The van der Waals surface area contributed by atoms with Gasteiger partial charge in [-0.2, -0.15) is 11.8 Å². The van der Waals surface area contributed by atoms with Gasteiger partial charge in [-0.05, 0) is 24.3 Å². The second-order valence-corrected chi connectivity index (χ2v) is 4.70. The Morgan fingerprint density at radius 3 is 3.33 bits per heavy atom. The van der Waals surface area contributed by atoms with Gasteiger partial charge in [0.15, 0.2) is 0 Å². The smallest absolute Gasteiger partial charge is 0.137 e. The second kappa shape index (κ2) is 5.98. The van der Waals surface area contributed by atoms with Gasteiger partial charge < -0.3 is 10.1 Å². The third kappa shape index (κ3) is 3.72. The van der Waals surface area contributed by atoms with Crippen LogP contribution in [0.2, 0.25) is 0 Å². The molecule has 1 aromatic rings. The quantitative estimate of drug-likeness (QED) is 0.770. The maximum atomic E-state index is 5.53. The first kappa shape index (κ1) is 10.8. The van der Waals surface area contributed by atoms with Crippen LogP contribution in [-0.4, -0.2) is 35.7 Å². The molecule has 82 valence electrons. The summed E-state index contributed by atoms with van der Waals surface area (Å²) >= 11 is 2.02. The van der Waals surface area contributed by atoms with Crippen LogP contribution >= 0.6 is 11.8 Å². The van der Waals surface area contributed by atoms with E-state index < -0.39 is 0 Å². The van der Waals surface area contributed by atoms with Gasteiger partial charge in [0.1, 0.15) is 12.4 Å². The van der Waals surface area contributed by atoms with E-state index in [2.05, 4.69) is 10.3 Å². The highest BCUT2D eigenvalue weighted by molar-refractivity contribution is 7.99. The molecule has 1 saturated heterocycles. The number of pyridine rings is 1. The molecule has 0 aromatic carbocycles. The molecule has 0 aliphatic carbocycles. The van der Waals surface area contributed by atoms with Gasteiger partial charge in [0.25, 0.3) is 0 Å². The summed E-state index contributed by atoms with van der Waals surface area (Å²) in [6, 6.07) is 4.50. The molecule has 0 spiro atoms. The summed E-state index contributed by atoms with van der Waals surface area (Å²) in [6.07, 6.45) is 4.78. The van der Waals surface area contributed by atoms with Gasteiger partial charge in [0.05, 0.1) is 6.20 Å². The number of aromatic nitrogens is 1. The first-order valence-corrected chi connectivity index (χ1v) is 6.44. The Hall–Kier alpha value is -0.740. The summed E-state index contributed by atoms with van der Waals surface area (Å²) in [5, 5.41) is 3.49. The van der Waals surface area contributed by atoms with Gasteiger partial charge in [-0.3, -0.25) is 4.98 Å². The Balaban J connectivity index is 1.59. The highest BCUT2D eigenvalue weighted by Crippen LogP contribution is 2.16. The summed E-state index contributed by atoms with van der Waals surface area (Å²) in [5.74, 6) is 3.38. The van der Waals surface area contributed by atoms with Gasteiger partial charge in [0.2, 0.25) is 0 Å². The fraction of sp³-hybridized carbons (Fsp3) is 0.545. The predicted molar refractivity (Wildman–Crippen MR) is 63.5 cm³/mol. The molecular formula is C11H16N2OS. The Bertz CT molecular complexity index is 275. The number of nitrogens with one attached hydrogen (secondary N) is 1. The molecular weight excluding hydrogens is 208 g/mol. The maximum Gasteiger partial charge on any atom is 0.137 e. The summed E-state index contributed by atoms with van der Waals surface area (Å²) in [7, 11) is 0. The minimum Gasteiger partial charge on any atom is -0.491 e. The minimum atomic E-state index is 0.687. The number of hydrogen-bond acceptors (Lipinski definition) is 4. The predicted octanol–water partition coefficient (Wildman–Crippen LogP) is 1.56. The lowest BCUT2D eigenvalue weighted by Gasteiger charge is -2.11. The van der Waals surface area contributed by atoms with Crippen molar-refractivity contribution in [1.82, 2.24) is 10.3 Å². The van der Waals surface area contributed by atoms with Crippen LogP contribution in [-0.2, 0) is 0 Å². The minimum absolute atomic E-state index is 0.687. The van der Waals surface area contributed by atoms with Crippen molar-refractivity contribution in [3.05, 3.63) is 24.5 Å². The number of nitrogens with zero attached hydrogens (tertiary/aromatic N) is 1. The van der Waals surface area contributed by atoms with Crippen LogP contribution in [0.4, 0.5) is 0 Å². The van der Waals surface area contributed by atoms with E-state index in [0.717, 1.165) is 12.3 Å². The summed E-state index contributed by atoms with van der Waals surface area (Å²) in [6.45, 7) is 1.63. The largest absolute Gasteiger partial charge is 0.491 e. The van der Waals surface area contributed by atoms with E-state index in [1.807, 2.05) is 23.9 Å². The highest BCUT2D eigenvalue weighted by Gasteiger charge is 2.13. The lowest BCUT2D eigenvalue weighted by molar-refractivity contribution is 0.306. The topological polar surface area (TPSA) is 34.1 Å². The Morgan fingerprint density at radius 2 is 2.60 bits per heavy atom. The molecule has 1 aliphatic rings. The average molecular weight is 224 g/mol. The molecule has 1 aromatic heterocycles. The van der Waals surface area contributed by atoms with Crippen molar-refractivity contribution in [1.29, 1.82) is 0 Å². The SMILES string of the molecule is c1cncc(OCCNC2CCSC2)c1. The van der Waals surface area contributed by atoms with Crippen LogP contribution in [0.3, 0.4) is 0 Å². The van der Waals surface area contributed by atoms with E-state index in [0.29, 0.717) is 12.6 Å². The van der Waals surface area contributed by atoms with Crippen LogP contribution in [0.25, 0.3) is 0 Å². The number of ether oxygens (including phenoxy) is 1. The zero-order valence-electron chi connectivity index (χ0n) is 8.69. The van der Waals surface area contributed by atoms with E-state index in [1.165, 1.54) is 17.9 Å². The fourth-order valence-corrected chi connectivity index (χ4v) is 2.75. The van der Waals surface area contributed by atoms with Crippen molar-refractivity contribution < 1.29 is 4.74 Å². The van der Waals surface area contributed by atoms with E-state index in [4.69, 9.17) is 4.74 Å². The average Bonchev–Trinajstić information content (AvgIpc) is 2.79. The van der Waals surface area contributed by atoms with Gasteiger partial charge in [-0.1, -0.05) is 0 Å². The molecule has 0 bridgehead atoms. The maximum absolute atomic E-state index is 5.53. The van der Waals surface area contributed by atoms with Crippen molar-refractivity contribution in [3.8, 4) is 5.75 Å². The molecule has 1 unspecified atom stereocenters. The van der Waals surface area contributed by atoms with Gasteiger partial charge in [-0.15, -0.1) is 0 Å². The first-order valence-electron chi connectivity index (χ1n) is 5.29. The molecule has 0 radical (unpaired) electrons. The van der Waals surface area contributed by atoms with Crippen LogP contribution in [0.15, 0.2) is 24.5 Å². The van der Waals surface area contributed by atoms with E-state index in [1.54, 1.807) is 12.4 Å². The van der Waals surface area contributed by atoms with Crippen LogP contribution in [0.1, 0.15) is 6.42 Å². The zero-order valence-corrected chi connectivity index (χ0v) is 9.50. The van der Waals surface area contributed by atoms with Crippen molar-refractivity contribution in [2.24, 2.45) is 0 Å². The van der Waals surface area contributed by atoms with Crippen molar-refractivity contribution in [2.75, 3.05) is 24.7 Å². The number of hydrogen-bond donors (Lipinski definition) is 1. The summed E-state index contributed by atoms with van der Waals surface area (Å²) < 4.78 is 5.53. The van der Waals surface area contributed by atoms with Crippen LogP contribution < -0.4 is 10.1 Å². The molecule has 1 fully saturated rings. The molecule has 1 atom stereocenters. The van der Waals surface area contributed by atoms with Crippen molar-refractivity contribution in [3.63, 3.8) is 0 Å². The summed E-state index contributed by atoms with van der Waals surface area (Å²) in [5.41, 5.74) is 0. The lowest BCUT2D eigenvalue weighted by Crippen LogP contribution is -2.32. The number of thioether (sulfide) groups is 1. The number of rotatable bonds is 5. The van der Waals surface area contributed by atoms with E-state index in [9.17, 15) is 0 Å². The Kier molecular flexibility index (Phi) is 4.29. The fourth-order valence-electron chi connectivity index (χ4n) is 1.56. The molecule has 15 heavy (non-hydrogen) atoms. The van der Waals surface area contributed by atoms with E-state index >= 15 is 0 Å². The van der Waals surface area contributed by atoms with Gasteiger partial charge >= 0.3 is 0 Å². The molecule has 1 aliphatic heterocycles. The molecule has 2 rings (SSSR count). The van der Waals surface area contributed by atoms with Crippen molar-refractivity contribution >= 4 is 11.8 Å². The second-order valence-electron chi connectivity index (χ2n) is 3.55. The monoisotopic (exact) mass is 224 g/mol. The van der Waals surface area contributed by atoms with Gasteiger partial charge in [-0.25, -0.2) is 0 Å². The van der Waals surface area contributed by atoms with Gasteiger partial charge in [0, 0.05) is 24.5 Å². The normalized spacial score (nSPS) is 20.4. The molecule has 0 amide bonds. The molecule has 3 nitrogen and oxygen atoms in total. The third-order valence-electron chi connectivity index (χ3n) is 2.37. The Morgan fingerprint density at radius 1 is 1.60 bits per heavy atom. The standard InChI is InChI=1S/C11H16N2OS/c1-2-11(8-12-4-1)14-6-5-13-10-3-7-15-9-10/h1-2,4,8,10,13H,3,5-7,9H2. The van der Waals surface area contributed by atoms with Crippen LogP contribution in [0.5, 0.6) is 5.75 Å².